The number of piperidine rings is 1. The zero-order chi connectivity index (χ0) is 11.7. The number of aryl methyl sites for hydroxylation is 1. The number of imidazole rings is 1. The van der Waals surface area contributed by atoms with Crippen LogP contribution in [0.5, 0.6) is 0 Å². The van der Waals surface area contributed by atoms with Gasteiger partial charge in [-0.1, -0.05) is 12.1 Å². The Kier molecular flexibility index (Phi) is 2.85. The Bertz CT molecular complexity index is 509. The lowest BCUT2D eigenvalue weighted by molar-refractivity contribution is 0.373. The first-order chi connectivity index (χ1) is 8.34. The third-order valence-corrected chi connectivity index (χ3v) is 3.79. The van der Waals surface area contributed by atoms with E-state index in [-0.39, 0.29) is 0 Å². The van der Waals surface area contributed by atoms with Gasteiger partial charge in [-0.05, 0) is 49.9 Å². The van der Waals surface area contributed by atoms with Crippen molar-refractivity contribution in [2.75, 3.05) is 13.1 Å². The smallest absolute Gasteiger partial charge is 0.0955 e. The summed E-state index contributed by atoms with van der Waals surface area (Å²) < 4.78 is 2.14. The molecule has 0 aliphatic carbocycles. The summed E-state index contributed by atoms with van der Waals surface area (Å²) in [7, 11) is 2.08. The van der Waals surface area contributed by atoms with Gasteiger partial charge in [0.05, 0.1) is 17.4 Å². The predicted molar refractivity (Wildman–Crippen MR) is 70.0 cm³/mol. The fourth-order valence-corrected chi connectivity index (χ4v) is 2.86. The maximum Gasteiger partial charge on any atom is 0.0955 e. The molecule has 0 spiro atoms. The number of aromatic nitrogens is 2. The van der Waals surface area contributed by atoms with Crippen LogP contribution in [0.2, 0.25) is 0 Å². The maximum absolute atomic E-state index is 4.42. The van der Waals surface area contributed by atoms with E-state index in [1.165, 1.54) is 43.4 Å². The molecule has 17 heavy (non-hydrogen) atoms. The Balaban J connectivity index is 1.91. The highest BCUT2D eigenvalue weighted by Crippen LogP contribution is 2.23. The molecule has 1 fully saturated rings. The number of hydrogen-bond donors (Lipinski definition) is 1. The van der Waals surface area contributed by atoms with Crippen LogP contribution in [0.15, 0.2) is 24.5 Å². The number of fused-ring (bicyclic) bond motifs is 1. The molecule has 0 bridgehead atoms. The van der Waals surface area contributed by atoms with Crippen LogP contribution < -0.4 is 5.32 Å². The van der Waals surface area contributed by atoms with E-state index in [1.54, 1.807) is 0 Å². The lowest BCUT2D eigenvalue weighted by Crippen LogP contribution is -2.28. The molecule has 1 aromatic heterocycles. The summed E-state index contributed by atoms with van der Waals surface area (Å²) in [4.78, 5) is 4.42. The third-order valence-electron chi connectivity index (χ3n) is 3.79. The van der Waals surface area contributed by atoms with Crippen molar-refractivity contribution in [2.45, 2.75) is 19.3 Å². The standard InChI is InChI=1S/C14H19N3/c1-17-10-16-13-4-2-3-12(14(13)17)9-11-5-7-15-8-6-11/h2-4,10-11,15H,5-9H2,1H3. The Morgan fingerprint density at radius 2 is 2.18 bits per heavy atom. The van der Waals surface area contributed by atoms with E-state index in [0.29, 0.717) is 0 Å². The molecule has 1 aliphatic heterocycles. The zero-order valence-electron chi connectivity index (χ0n) is 10.3. The monoisotopic (exact) mass is 229 g/mol. The SMILES string of the molecule is Cn1cnc2cccc(CC3CCNCC3)c21. The number of nitrogens with zero attached hydrogens (tertiary/aromatic N) is 2. The van der Waals surface area contributed by atoms with Gasteiger partial charge < -0.3 is 9.88 Å². The predicted octanol–water partition coefficient (Wildman–Crippen LogP) is 2.12. The normalized spacial score (nSPS) is 17.7. The van der Waals surface area contributed by atoms with Gasteiger partial charge in [0, 0.05) is 7.05 Å². The van der Waals surface area contributed by atoms with E-state index in [2.05, 4.69) is 40.1 Å². The average molecular weight is 229 g/mol. The van der Waals surface area contributed by atoms with Crippen LogP contribution in [0.1, 0.15) is 18.4 Å². The number of hydrogen-bond acceptors (Lipinski definition) is 2. The van der Waals surface area contributed by atoms with E-state index in [0.717, 1.165) is 11.4 Å². The number of rotatable bonds is 2. The quantitative estimate of drug-likeness (QED) is 0.855. The molecular formula is C14H19N3. The van der Waals surface area contributed by atoms with Gasteiger partial charge in [-0.3, -0.25) is 0 Å². The molecule has 0 saturated carbocycles. The largest absolute Gasteiger partial charge is 0.334 e. The molecular weight excluding hydrogens is 210 g/mol. The summed E-state index contributed by atoms with van der Waals surface area (Å²) in [6.07, 6.45) is 5.71. The first-order valence-electron chi connectivity index (χ1n) is 6.44. The molecule has 3 heteroatoms. The average Bonchev–Trinajstić information content (AvgIpc) is 2.74. The van der Waals surface area contributed by atoms with Crippen LogP contribution in [0.3, 0.4) is 0 Å². The molecule has 1 N–H and O–H groups in total. The molecule has 0 amide bonds. The Morgan fingerprint density at radius 3 is 3.00 bits per heavy atom. The topological polar surface area (TPSA) is 29.9 Å². The molecule has 3 nitrogen and oxygen atoms in total. The summed E-state index contributed by atoms with van der Waals surface area (Å²) in [5.74, 6) is 0.830. The van der Waals surface area contributed by atoms with Gasteiger partial charge in [0.2, 0.25) is 0 Å². The van der Waals surface area contributed by atoms with Crippen LogP contribution in [0.4, 0.5) is 0 Å². The second-order valence-corrected chi connectivity index (χ2v) is 5.04. The summed E-state index contributed by atoms with van der Waals surface area (Å²) in [5.41, 5.74) is 3.89. The zero-order valence-corrected chi connectivity index (χ0v) is 10.3. The van der Waals surface area contributed by atoms with Gasteiger partial charge in [0.25, 0.3) is 0 Å². The first kappa shape index (κ1) is 10.8. The molecule has 2 heterocycles. The lowest BCUT2D eigenvalue weighted by atomic mass is 9.90. The van der Waals surface area contributed by atoms with Crippen LogP contribution in [0, 0.1) is 5.92 Å². The molecule has 1 aliphatic rings. The minimum atomic E-state index is 0.830. The van der Waals surface area contributed by atoms with E-state index < -0.39 is 0 Å². The number of nitrogens with one attached hydrogen (secondary N) is 1. The number of benzene rings is 1. The number of para-hydroxylation sites is 1. The van der Waals surface area contributed by atoms with Gasteiger partial charge >= 0.3 is 0 Å². The molecule has 1 aromatic carbocycles. The van der Waals surface area contributed by atoms with Crippen molar-refractivity contribution in [3.05, 3.63) is 30.1 Å². The minimum Gasteiger partial charge on any atom is -0.334 e. The maximum atomic E-state index is 4.42. The Hall–Kier alpha value is -1.35. The molecule has 0 atom stereocenters. The van der Waals surface area contributed by atoms with Crippen LogP contribution in [-0.2, 0) is 13.5 Å². The van der Waals surface area contributed by atoms with E-state index in [1.807, 2.05) is 6.33 Å². The highest BCUT2D eigenvalue weighted by Gasteiger charge is 2.15. The third kappa shape index (κ3) is 2.07. The lowest BCUT2D eigenvalue weighted by Gasteiger charge is -2.22. The Labute approximate surface area is 102 Å². The highest BCUT2D eigenvalue weighted by molar-refractivity contribution is 5.79. The Morgan fingerprint density at radius 1 is 1.35 bits per heavy atom. The van der Waals surface area contributed by atoms with E-state index >= 15 is 0 Å². The van der Waals surface area contributed by atoms with Gasteiger partial charge in [-0.2, -0.15) is 0 Å². The van der Waals surface area contributed by atoms with Crippen molar-refractivity contribution in [1.82, 2.24) is 14.9 Å². The van der Waals surface area contributed by atoms with Crippen LogP contribution >= 0.6 is 0 Å². The second kappa shape index (κ2) is 4.49. The first-order valence-corrected chi connectivity index (χ1v) is 6.44. The second-order valence-electron chi connectivity index (χ2n) is 5.04. The molecule has 2 aromatic rings. The summed E-state index contributed by atoms with van der Waals surface area (Å²) in [5, 5.41) is 3.43. The van der Waals surface area contributed by atoms with Crippen LogP contribution in [0.25, 0.3) is 11.0 Å². The molecule has 1 saturated heterocycles. The van der Waals surface area contributed by atoms with Crippen LogP contribution in [-0.4, -0.2) is 22.6 Å². The van der Waals surface area contributed by atoms with E-state index in [9.17, 15) is 0 Å². The van der Waals surface area contributed by atoms with Crippen molar-refractivity contribution in [3.63, 3.8) is 0 Å². The van der Waals surface area contributed by atoms with Gasteiger partial charge in [0.15, 0.2) is 0 Å². The molecule has 0 unspecified atom stereocenters. The highest BCUT2D eigenvalue weighted by atomic mass is 15.0. The van der Waals surface area contributed by atoms with Crippen molar-refractivity contribution < 1.29 is 0 Å². The van der Waals surface area contributed by atoms with E-state index in [4.69, 9.17) is 0 Å². The van der Waals surface area contributed by atoms with Gasteiger partial charge in [-0.25, -0.2) is 4.98 Å². The minimum absolute atomic E-state index is 0.830. The fourth-order valence-electron chi connectivity index (χ4n) is 2.86. The van der Waals surface area contributed by atoms with Crippen molar-refractivity contribution >= 4 is 11.0 Å². The molecule has 90 valence electrons. The molecule has 3 rings (SSSR count). The summed E-state index contributed by atoms with van der Waals surface area (Å²) >= 11 is 0. The fraction of sp³-hybridized carbons (Fsp3) is 0.500. The summed E-state index contributed by atoms with van der Waals surface area (Å²) in [6.45, 7) is 2.35. The molecule has 0 radical (unpaired) electrons. The van der Waals surface area contributed by atoms with Gasteiger partial charge in [0.1, 0.15) is 0 Å². The summed E-state index contributed by atoms with van der Waals surface area (Å²) in [6, 6.07) is 6.49. The van der Waals surface area contributed by atoms with Crippen molar-refractivity contribution in [1.29, 1.82) is 0 Å². The van der Waals surface area contributed by atoms with Crippen molar-refractivity contribution in [3.8, 4) is 0 Å². The van der Waals surface area contributed by atoms with Gasteiger partial charge in [-0.15, -0.1) is 0 Å². The van der Waals surface area contributed by atoms with Crippen molar-refractivity contribution in [2.24, 2.45) is 13.0 Å².